The highest BCUT2D eigenvalue weighted by molar-refractivity contribution is 5.83. The van der Waals surface area contributed by atoms with Gasteiger partial charge >= 0.3 is 5.97 Å². The highest BCUT2D eigenvalue weighted by atomic mass is 16.5. The zero-order chi connectivity index (χ0) is 13.8. The molecule has 0 heterocycles. The van der Waals surface area contributed by atoms with Gasteiger partial charge in [0.2, 0.25) is 0 Å². The van der Waals surface area contributed by atoms with E-state index in [4.69, 9.17) is 4.74 Å². The summed E-state index contributed by atoms with van der Waals surface area (Å²) in [5.74, 6) is -0.885. The lowest BCUT2D eigenvalue weighted by atomic mass is 9.88. The van der Waals surface area contributed by atoms with Crippen LogP contribution in [-0.4, -0.2) is 18.2 Å². The van der Waals surface area contributed by atoms with Crippen LogP contribution in [-0.2, 0) is 9.53 Å². The first-order chi connectivity index (χ1) is 9.15. The number of aromatic hydroxyl groups is 1. The van der Waals surface area contributed by atoms with Crippen LogP contribution in [0.5, 0.6) is 5.75 Å². The van der Waals surface area contributed by atoms with E-state index in [1.807, 2.05) is 31.2 Å². The van der Waals surface area contributed by atoms with E-state index >= 15 is 0 Å². The lowest BCUT2D eigenvalue weighted by Gasteiger charge is -2.18. The second kappa shape index (κ2) is 5.57. The van der Waals surface area contributed by atoms with E-state index in [9.17, 15) is 9.90 Å². The summed E-state index contributed by atoms with van der Waals surface area (Å²) in [6.45, 7) is 1.94. The predicted octanol–water partition coefficient (Wildman–Crippen LogP) is 3.01. The minimum Gasteiger partial charge on any atom is -0.508 e. The number of rotatable bonds is 3. The Labute approximate surface area is 112 Å². The van der Waals surface area contributed by atoms with Crippen molar-refractivity contribution in [1.82, 2.24) is 0 Å². The second-order valence-electron chi connectivity index (χ2n) is 4.37. The van der Waals surface area contributed by atoms with Crippen LogP contribution in [0.3, 0.4) is 0 Å². The lowest BCUT2D eigenvalue weighted by Crippen LogP contribution is -2.16. The molecule has 1 N–H and O–H groups in total. The van der Waals surface area contributed by atoms with E-state index in [0.29, 0.717) is 5.56 Å². The molecule has 2 aromatic carbocycles. The Bertz CT molecular complexity index is 545. The fourth-order valence-electron chi connectivity index (χ4n) is 2.18. The summed E-state index contributed by atoms with van der Waals surface area (Å²) in [6.07, 6.45) is 0. The van der Waals surface area contributed by atoms with Crippen LogP contribution in [0.15, 0.2) is 48.5 Å². The van der Waals surface area contributed by atoms with Gasteiger partial charge in [-0.05, 0) is 24.1 Å². The van der Waals surface area contributed by atoms with Gasteiger partial charge in [-0.3, -0.25) is 4.79 Å². The van der Waals surface area contributed by atoms with Crippen molar-refractivity contribution >= 4 is 5.97 Å². The third-order valence-electron chi connectivity index (χ3n) is 3.18. The van der Waals surface area contributed by atoms with Crippen LogP contribution >= 0.6 is 0 Å². The zero-order valence-electron chi connectivity index (χ0n) is 11.0. The van der Waals surface area contributed by atoms with Gasteiger partial charge in [0.05, 0.1) is 7.11 Å². The minimum atomic E-state index is -0.604. The van der Waals surface area contributed by atoms with Crippen LogP contribution in [0.1, 0.15) is 22.6 Å². The molecule has 1 unspecified atom stereocenters. The number of para-hydroxylation sites is 1. The molecule has 1 atom stereocenters. The monoisotopic (exact) mass is 256 g/mol. The van der Waals surface area contributed by atoms with E-state index in [0.717, 1.165) is 11.1 Å². The number of benzene rings is 2. The van der Waals surface area contributed by atoms with Crippen molar-refractivity contribution in [2.24, 2.45) is 0 Å². The second-order valence-corrected chi connectivity index (χ2v) is 4.37. The SMILES string of the molecule is COC(=O)C(c1ccccc1C)c1ccccc1O. The Morgan fingerprint density at radius 1 is 1.05 bits per heavy atom. The number of carbonyl (C=O) groups is 1. The number of hydrogen-bond donors (Lipinski definition) is 1. The molecule has 0 fully saturated rings. The number of esters is 1. The number of ether oxygens (including phenoxy) is 1. The molecule has 0 aliphatic carbocycles. The number of aryl methyl sites for hydroxylation is 1. The van der Waals surface area contributed by atoms with E-state index in [2.05, 4.69) is 0 Å². The van der Waals surface area contributed by atoms with Gasteiger partial charge in [-0.25, -0.2) is 0 Å². The van der Waals surface area contributed by atoms with Gasteiger partial charge in [0, 0.05) is 5.56 Å². The van der Waals surface area contributed by atoms with Gasteiger partial charge in [-0.15, -0.1) is 0 Å². The van der Waals surface area contributed by atoms with Gasteiger partial charge in [0.1, 0.15) is 11.7 Å². The first kappa shape index (κ1) is 13.1. The molecule has 0 radical (unpaired) electrons. The third-order valence-corrected chi connectivity index (χ3v) is 3.18. The molecule has 0 aliphatic rings. The van der Waals surface area contributed by atoms with Crippen LogP contribution in [0.2, 0.25) is 0 Å². The van der Waals surface area contributed by atoms with Gasteiger partial charge in [0.25, 0.3) is 0 Å². The largest absolute Gasteiger partial charge is 0.508 e. The van der Waals surface area contributed by atoms with Crippen LogP contribution in [0, 0.1) is 6.92 Å². The Hall–Kier alpha value is -2.29. The first-order valence-corrected chi connectivity index (χ1v) is 6.06. The average molecular weight is 256 g/mol. The maximum Gasteiger partial charge on any atom is 0.317 e. The third kappa shape index (κ3) is 2.60. The molecule has 0 aliphatic heterocycles. The maximum absolute atomic E-state index is 12.1. The topological polar surface area (TPSA) is 46.5 Å². The average Bonchev–Trinajstić information content (AvgIpc) is 2.43. The molecule has 0 aromatic heterocycles. The molecule has 0 amide bonds. The molecule has 0 saturated heterocycles. The summed E-state index contributed by atoms with van der Waals surface area (Å²) in [4.78, 5) is 12.1. The zero-order valence-corrected chi connectivity index (χ0v) is 11.0. The molecule has 98 valence electrons. The van der Waals surface area contributed by atoms with Gasteiger partial charge in [0.15, 0.2) is 0 Å². The highest BCUT2D eigenvalue weighted by Crippen LogP contribution is 2.33. The standard InChI is InChI=1S/C16H16O3/c1-11-7-3-4-8-12(11)15(16(18)19-2)13-9-5-6-10-14(13)17/h3-10,15,17H,1-2H3. The first-order valence-electron chi connectivity index (χ1n) is 6.06. The summed E-state index contributed by atoms with van der Waals surface area (Å²) < 4.78 is 4.88. The molecule has 2 aromatic rings. The Kier molecular flexibility index (Phi) is 3.85. The molecular weight excluding hydrogens is 240 g/mol. The summed E-state index contributed by atoms with van der Waals surface area (Å²) in [5.41, 5.74) is 2.39. The van der Waals surface area contributed by atoms with E-state index < -0.39 is 5.92 Å². The predicted molar refractivity (Wildman–Crippen MR) is 73.1 cm³/mol. The van der Waals surface area contributed by atoms with Crippen molar-refractivity contribution in [3.8, 4) is 5.75 Å². The Balaban J connectivity index is 2.58. The molecule has 0 saturated carbocycles. The molecule has 0 bridgehead atoms. The molecule has 19 heavy (non-hydrogen) atoms. The van der Waals surface area contributed by atoms with Gasteiger partial charge in [-0.2, -0.15) is 0 Å². The quantitative estimate of drug-likeness (QED) is 0.859. The number of hydrogen-bond acceptors (Lipinski definition) is 3. The van der Waals surface area contributed by atoms with Crippen molar-refractivity contribution < 1.29 is 14.6 Å². The Morgan fingerprint density at radius 2 is 1.63 bits per heavy atom. The van der Waals surface area contributed by atoms with Crippen LogP contribution < -0.4 is 0 Å². The number of phenolic OH excluding ortho intramolecular Hbond substituents is 1. The summed E-state index contributed by atoms with van der Waals surface area (Å²) in [5, 5.41) is 9.97. The van der Waals surface area contributed by atoms with E-state index in [1.54, 1.807) is 24.3 Å². The highest BCUT2D eigenvalue weighted by Gasteiger charge is 2.27. The smallest absolute Gasteiger partial charge is 0.317 e. The molecule has 3 heteroatoms. The fraction of sp³-hybridized carbons (Fsp3) is 0.188. The molecular formula is C16H16O3. The molecule has 3 nitrogen and oxygen atoms in total. The van der Waals surface area contributed by atoms with Crippen molar-refractivity contribution in [3.05, 3.63) is 65.2 Å². The number of carbonyl (C=O) groups excluding carboxylic acids is 1. The van der Waals surface area contributed by atoms with Crippen molar-refractivity contribution in [2.75, 3.05) is 7.11 Å². The van der Waals surface area contributed by atoms with Crippen molar-refractivity contribution in [1.29, 1.82) is 0 Å². The maximum atomic E-state index is 12.1. The van der Waals surface area contributed by atoms with E-state index in [-0.39, 0.29) is 11.7 Å². The van der Waals surface area contributed by atoms with Crippen LogP contribution in [0.25, 0.3) is 0 Å². The van der Waals surface area contributed by atoms with Crippen molar-refractivity contribution in [3.63, 3.8) is 0 Å². The normalized spacial score (nSPS) is 11.9. The Morgan fingerprint density at radius 3 is 2.21 bits per heavy atom. The summed E-state index contributed by atoms with van der Waals surface area (Å²) in [7, 11) is 1.35. The fourth-order valence-corrected chi connectivity index (χ4v) is 2.18. The summed E-state index contributed by atoms with van der Waals surface area (Å²) >= 11 is 0. The number of methoxy groups -OCH3 is 1. The number of phenols is 1. The minimum absolute atomic E-state index is 0.0983. The van der Waals surface area contributed by atoms with Crippen molar-refractivity contribution in [2.45, 2.75) is 12.8 Å². The molecule has 0 spiro atoms. The lowest BCUT2D eigenvalue weighted by molar-refractivity contribution is -0.141. The van der Waals surface area contributed by atoms with Crippen LogP contribution in [0.4, 0.5) is 0 Å². The summed E-state index contributed by atoms with van der Waals surface area (Å²) in [6, 6.07) is 14.4. The molecule has 2 rings (SSSR count). The van der Waals surface area contributed by atoms with E-state index in [1.165, 1.54) is 7.11 Å². The van der Waals surface area contributed by atoms with Gasteiger partial charge in [-0.1, -0.05) is 42.5 Å². The van der Waals surface area contributed by atoms with Gasteiger partial charge < -0.3 is 9.84 Å².